The highest BCUT2D eigenvalue weighted by atomic mass is 16.3. The Morgan fingerprint density at radius 2 is 1.91 bits per heavy atom. The minimum absolute atomic E-state index is 0.287. The SMILES string of the molecule is CCC=C(CCC)[C@@H](C[C@H](O)[C@@H](N)Cc1ccccc1)C(N)=O. The number of hydrogen-bond donors (Lipinski definition) is 3. The molecule has 128 valence electrons. The predicted molar refractivity (Wildman–Crippen MR) is 94.7 cm³/mol. The van der Waals surface area contributed by atoms with Gasteiger partial charge in [0.05, 0.1) is 12.0 Å². The number of aliphatic hydroxyl groups is 1. The molecule has 1 aromatic rings. The molecule has 0 saturated heterocycles. The van der Waals surface area contributed by atoms with Gasteiger partial charge in [-0.3, -0.25) is 4.79 Å². The first-order valence-corrected chi connectivity index (χ1v) is 8.45. The molecule has 0 bridgehead atoms. The first kappa shape index (κ1) is 19.4. The molecule has 1 aromatic carbocycles. The van der Waals surface area contributed by atoms with Gasteiger partial charge in [0.25, 0.3) is 0 Å². The maximum atomic E-state index is 11.8. The van der Waals surface area contributed by atoms with Crippen LogP contribution in [0.15, 0.2) is 42.0 Å². The second kappa shape index (κ2) is 10.2. The molecule has 1 rings (SSSR count). The third kappa shape index (κ3) is 6.55. The molecular weight excluding hydrogens is 288 g/mol. The smallest absolute Gasteiger partial charge is 0.224 e. The van der Waals surface area contributed by atoms with Crippen LogP contribution >= 0.6 is 0 Å². The van der Waals surface area contributed by atoms with E-state index in [0.29, 0.717) is 6.42 Å². The molecule has 4 nitrogen and oxygen atoms in total. The van der Waals surface area contributed by atoms with Crippen molar-refractivity contribution in [3.05, 3.63) is 47.5 Å². The van der Waals surface area contributed by atoms with E-state index in [9.17, 15) is 9.90 Å². The Balaban J connectivity index is 2.74. The Bertz CT molecular complexity index is 499. The molecule has 0 aliphatic carbocycles. The fourth-order valence-electron chi connectivity index (χ4n) is 2.86. The number of primary amides is 1. The summed E-state index contributed by atoms with van der Waals surface area (Å²) in [5.74, 6) is -0.823. The number of aliphatic hydroxyl groups excluding tert-OH is 1. The summed E-state index contributed by atoms with van der Waals surface area (Å²) >= 11 is 0. The molecule has 3 atom stereocenters. The summed E-state index contributed by atoms with van der Waals surface area (Å²) in [4.78, 5) is 11.8. The molecular formula is C19H30N2O2. The van der Waals surface area contributed by atoms with Gasteiger partial charge in [-0.1, -0.05) is 62.2 Å². The zero-order chi connectivity index (χ0) is 17.2. The van der Waals surface area contributed by atoms with Gasteiger partial charge in [-0.2, -0.15) is 0 Å². The standard InChI is InChI=1S/C19H30N2O2/c1-3-8-15(9-4-2)16(19(21)23)13-18(22)17(20)12-14-10-6-5-7-11-14/h5-8,10-11,16-18,22H,3-4,9,12-13,20H2,1-2H3,(H2,21,23)/t16-,17+,18+/m1/s1. The highest BCUT2D eigenvalue weighted by molar-refractivity contribution is 5.79. The van der Waals surface area contributed by atoms with E-state index in [1.54, 1.807) is 0 Å². The monoisotopic (exact) mass is 318 g/mol. The highest BCUT2D eigenvalue weighted by Gasteiger charge is 2.26. The number of allylic oxidation sites excluding steroid dienone is 1. The van der Waals surface area contributed by atoms with E-state index in [1.165, 1.54) is 0 Å². The van der Waals surface area contributed by atoms with E-state index in [-0.39, 0.29) is 12.3 Å². The minimum Gasteiger partial charge on any atom is -0.391 e. The largest absolute Gasteiger partial charge is 0.391 e. The number of carbonyl (C=O) groups is 1. The molecule has 4 heteroatoms. The number of carbonyl (C=O) groups excluding carboxylic acids is 1. The molecule has 0 unspecified atom stereocenters. The van der Waals surface area contributed by atoms with Gasteiger partial charge in [-0.05, 0) is 31.2 Å². The van der Waals surface area contributed by atoms with Crippen molar-refractivity contribution in [3.63, 3.8) is 0 Å². The summed E-state index contributed by atoms with van der Waals surface area (Å²) in [6.45, 7) is 4.10. The topological polar surface area (TPSA) is 89.3 Å². The average Bonchev–Trinajstić information content (AvgIpc) is 2.53. The second-order valence-corrected chi connectivity index (χ2v) is 6.05. The highest BCUT2D eigenvalue weighted by Crippen LogP contribution is 2.23. The lowest BCUT2D eigenvalue weighted by molar-refractivity contribution is -0.121. The molecule has 0 spiro atoms. The van der Waals surface area contributed by atoms with Crippen LogP contribution in [-0.4, -0.2) is 23.2 Å². The summed E-state index contributed by atoms with van der Waals surface area (Å²) in [5.41, 5.74) is 13.8. The Morgan fingerprint density at radius 3 is 2.43 bits per heavy atom. The van der Waals surface area contributed by atoms with Crippen molar-refractivity contribution in [2.75, 3.05) is 0 Å². The molecule has 23 heavy (non-hydrogen) atoms. The summed E-state index contributed by atoms with van der Waals surface area (Å²) < 4.78 is 0. The molecule has 0 aromatic heterocycles. The molecule has 0 heterocycles. The molecule has 0 aliphatic heterocycles. The van der Waals surface area contributed by atoms with Crippen molar-refractivity contribution in [1.82, 2.24) is 0 Å². The number of hydrogen-bond acceptors (Lipinski definition) is 3. The van der Waals surface area contributed by atoms with E-state index in [0.717, 1.165) is 30.4 Å². The van der Waals surface area contributed by atoms with Crippen LogP contribution in [0.1, 0.15) is 45.1 Å². The van der Waals surface area contributed by atoms with Gasteiger partial charge in [0.1, 0.15) is 0 Å². The Morgan fingerprint density at radius 1 is 1.26 bits per heavy atom. The number of rotatable bonds is 10. The first-order valence-electron chi connectivity index (χ1n) is 8.45. The van der Waals surface area contributed by atoms with Gasteiger partial charge in [-0.15, -0.1) is 0 Å². The lowest BCUT2D eigenvalue weighted by Gasteiger charge is -2.24. The predicted octanol–water partition coefficient (Wildman–Crippen LogP) is 2.55. The van der Waals surface area contributed by atoms with E-state index < -0.39 is 18.1 Å². The zero-order valence-electron chi connectivity index (χ0n) is 14.2. The first-order chi connectivity index (χ1) is 11.0. The molecule has 1 amide bonds. The molecule has 5 N–H and O–H groups in total. The Kier molecular flexibility index (Phi) is 8.59. The van der Waals surface area contributed by atoms with Crippen LogP contribution in [0.3, 0.4) is 0 Å². The molecule has 0 saturated carbocycles. The number of amides is 1. The van der Waals surface area contributed by atoms with Crippen LogP contribution in [0.2, 0.25) is 0 Å². The van der Waals surface area contributed by atoms with E-state index in [2.05, 4.69) is 6.92 Å². The molecule has 0 aliphatic rings. The van der Waals surface area contributed by atoms with Crippen molar-refractivity contribution in [2.24, 2.45) is 17.4 Å². The van der Waals surface area contributed by atoms with Crippen molar-refractivity contribution in [3.8, 4) is 0 Å². The number of benzene rings is 1. The Labute approximate surface area is 139 Å². The second-order valence-electron chi connectivity index (χ2n) is 6.05. The summed E-state index contributed by atoms with van der Waals surface area (Å²) in [7, 11) is 0. The lowest BCUT2D eigenvalue weighted by atomic mass is 9.86. The quantitative estimate of drug-likeness (QED) is 0.579. The fraction of sp³-hybridized carbons (Fsp3) is 0.526. The van der Waals surface area contributed by atoms with E-state index >= 15 is 0 Å². The minimum atomic E-state index is -0.759. The van der Waals surface area contributed by atoms with Crippen molar-refractivity contribution < 1.29 is 9.90 Å². The van der Waals surface area contributed by atoms with Crippen LogP contribution in [0.4, 0.5) is 0 Å². The van der Waals surface area contributed by atoms with Crippen LogP contribution < -0.4 is 11.5 Å². The van der Waals surface area contributed by atoms with Crippen LogP contribution in [0.5, 0.6) is 0 Å². The third-order valence-corrected chi connectivity index (χ3v) is 4.08. The lowest BCUT2D eigenvalue weighted by Crippen LogP contribution is -2.40. The van der Waals surface area contributed by atoms with Crippen LogP contribution in [-0.2, 0) is 11.2 Å². The average molecular weight is 318 g/mol. The van der Waals surface area contributed by atoms with Crippen molar-refractivity contribution in [1.29, 1.82) is 0 Å². The third-order valence-electron chi connectivity index (χ3n) is 4.08. The maximum absolute atomic E-state index is 11.8. The zero-order valence-corrected chi connectivity index (χ0v) is 14.2. The van der Waals surface area contributed by atoms with Crippen LogP contribution in [0.25, 0.3) is 0 Å². The summed E-state index contributed by atoms with van der Waals surface area (Å²) in [6, 6.07) is 9.40. The van der Waals surface area contributed by atoms with Gasteiger partial charge < -0.3 is 16.6 Å². The Hall–Kier alpha value is -1.65. The van der Waals surface area contributed by atoms with E-state index in [1.807, 2.05) is 43.3 Å². The summed E-state index contributed by atoms with van der Waals surface area (Å²) in [6.07, 6.45) is 4.78. The molecule has 0 fully saturated rings. The normalized spacial score (nSPS) is 15.9. The van der Waals surface area contributed by atoms with Crippen LogP contribution in [0, 0.1) is 5.92 Å². The maximum Gasteiger partial charge on any atom is 0.224 e. The van der Waals surface area contributed by atoms with Gasteiger partial charge in [0.15, 0.2) is 0 Å². The van der Waals surface area contributed by atoms with Gasteiger partial charge >= 0.3 is 0 Å². The summed E-state index contributed by atoms with van der Waals surface area (Å²) in [5, 5.41) is 10.4. The molecule has 0 radical (unpaired) electrons. The number of nitrogens with two attached hydrogens (primary N) is 2. The fourth-order valence-corrected chi connectivity index (χ4v) is 2.86. The van der Waals surface area contributed by atoms with Crippen molar-refractivity contribution in [2.45, 2.75) is 58.1 Å². The van der Waals surface area contributed by atoms with Gasteiger partial charge in [0.2, 0.25) is 5.91 Å². The van der Waals surface area contributed by atoms with Gasteiger partial charge in [0, 0.05) is 6.04 Å². The van der Waals surface area contributed by atoms with E-state index in [4.69, 9.17) is 11.5 Å². The van der Waals surface area contributed by atoms with Gasteiger partial charge in [-0.25, -0.2) is 0 Å². The van der Waals surface area contributed by atoms with Crippen molar-refractivity contribution >= 4 is 5.91 Å².